The SMILES string of the molecule is C=CCn1c(SCC(=O)Nc2ccc3ccccc3c2)nc2sc3c(c2c1=O)CCC3. The van der Waals surface area contributed by atoms with Gasteiger partial charge in [-0.2, -0.15) is 0 Å². The van der Waals surface area contributed by atoms with Crippen molar-refractivity contribution in [3.8, 4) is 0 Å². The molecule has 7 heteroatoms. The lowest BCUT2D eigenvalue weighted by molar-refractivity contribution is -0.113. The number of rotatable bonds is 6. The molecule has 1 aliphatic carbocycles. The first-order valence-electron chi connectivity index (χ1n) is 10.2. The molecule has 5 nitrogen and oxygen atoms in total. The van der Waals surface area contributed by atoms with Crippen molar-refractivity contribution in [2.75, 3.05) is 11.1 Å². The van der Waals surface area contributed by atoms with E-state index < -0.39 is 0 Å². The summed E-state index contributed by atoms with van der Waals surface area (Å²) in [6, 6.07) is 13.9. The lowest BCUT2D eigenvalue weighted by Crippen LogP contribution is -2.24. The van der Waals surface area contributed by atoms with Crippen molar-refractivity contribution in [3.05, 3.63) is 75.9 Å². The normalized spacial score (nSPS) is 12.9. The molecule has 0 radical (unpaired) electrons. The third-order valence-electron chi connectivity index (χ3n) is 5.47. The Hall–Kier alpha value is -2.90. The summed E-state index contributed by atoms with van der Waals surface area (Å²) in [4.78, 5) is 32.6. The summed E-state index contributed by atoms with van der Waals surface area (Å²) >= 11 is 2.90. The van der Waals surface area contributed by atoms with Gasteiger partial charge in [0.1, 0.15) is 4.83 Å². The molecule has 0 fully saturated rings. The van der Waals surface area contributed by atoms with Crippen LogP contribution in [-0.4, -0.2) is 21.2 Å². The molecule has 0 saturated carbocycles. The highest BCUT2D eigenvalue weighted by Gasteiger charge is 2.23. The summed E-state index contributed by atoms with van der Waals surface area (Å²) in [5, 5.41) is 6.46. The first-order valence-corrected chi connectivity index (χ1v) is 12.0. The minimum absolute atomic E-state index is 0.0262. The zero-order chi connectivity index (χ0) is 21.4. The number of benzene rings is 2. The highest BCUT2D eigenvalue weighted by molar-refractivity contribution is 7.99. The number of thiophene rings is 1. The summed E-state index contributed by atoms with van der Waals surface area (Å²) in [5.74, 6) is 0.0426. The Kier molecular flexibility index (Phi) is 5.38. The zero-order valence-corrected chi connectivity index (χ0v) is 18.5. The first-order chi connectivity index (χ1) is 15.1. The number of hydrogen-bond donors (Lipinski definition) is 1. The number of amides is 1. The van der Waals surface area contributed by atoms with E-state index in [-0.39, 0.29) is 17.2 Å². The second-order valence-corrected chi connectivity index (χ2v) is 9.56. The van der Waals surface area contributed by atoms with E-state index in [2.05, 4.69) is 11.9 Å². The van der Waals surface area contributed by atoms with Crippen molar-refractivity contribution in [1.82, 2.24) is 9.55 Å². The molecule has 2 heterocycles. The molecule has 2 aromatic carbocycles. The van der Waals surface area contributed by atoms with Crippen LogP contribution in [0, 0.1) is 0 Å². The molecule has 5 rings (SSSR count). The number of carbonyl (C=O) groups excluding carboxylic acids is 1. The van der Waals surface area contributed by atoms with Crippen LogP contribution in [0.2, 0.25) is 0 Å². The number of aryl methyl sites for hydroxylation is 2. The van der Waals surface area contributed by atoms with Crippen LogP contribution >= 0.6 is 23.1 Å². The second-order valence-electron chi connectivity index (χ2n) is 7.54. The van der Waals surface area contributed by atoms with Crippen LogP contribution < -0.4 is 10.9 Å². The second kappa shape index (κ2) is 8.32. The fraction of sp³-hybridized carbons (Fsp3) is 0.208. The predicted octanol–water partition coefficient (Wildman–Crippen LogP) is 5.02. The molecular formula is C24H21N3O2S2. The molecule has 4 aromatic rings. The maximum atomic E-state index is 13.2. The molecule has 0 saturated heterocycles. The van der Waals surface area contributed by atoms with E-state index in [1.165, 1.54) is 22.2 Å². The first kappa shape index (κ1) is 20.0. The molecule has 1 aliphatic rings. The summed E-state index contributed by atoms with van der Waals surface area (Å²) in [6.07, 6.45) is 4.76. The molecule has 0 unspecified atom stereocenters. The summed E-state index contributed by atoms with van der Waals surface area (Å²) in [5.41, 5.74) is 1.90. The highest BCUT2D eigenvalue weighted by atomic mass is 32.2. The van der Waals surface area contributed by atoms with E-state index in [1.54, 1.807) is 22.0 Å². The van der Waals surface area contributed by atoms with Gasteiger partial charge in [0.15, 0.2) is 5.16 Å². The van der Waals surface area contributed by atoms with Gasteiger partial charge in [-0.05, 0) is 47.7 Å². The van der Waals surface area contributed by atoms with Gasteiger partial charge < -0.3 is 5.32 Å². The van der Waals surface area contributed by atoms with Gasteiger partial charge in [0, 0.05) is 17.1 Å². The third-order valence-corrected chi connectivity index (χ3v) is 7.63. The Labute approximate surface area is 187 Å². The minimum Gasteiger partial charge on any atom is -0.325 e. The van der Waals surface area contributed by atoms with Crippen molar-refractivity contribution < 1.29 is 4.79 Å². The van der Waals surface area contributed by atoms with Gasteiger partial charge in [0.2, 0.25) is 5.91 Å². The van der Waals surface area contributed by atoms with E-state index >= 15 is 0 Å². The van der Waals surface area contributed by atoms with E-state index in [9.17, 15) is 9.59 Å². The van der Waals surface area contributed by atoms with Crippen molar-refractivity contribution in [3.63, 3.8) is 0 Å². The van der Waals surface area contributed by atoms with Crippen molar-refractivity contribution in [1.29, 1.82) is 0 Å². The molecule has 1 N–H and O–H groups in total. The largest absolute Gasteiger partial charge is 0.325 e. The number of fused-ring (bicyclic) bond motifs is 4. The van der Waals surface area contributed by atoms with E-state index in [0.717, 1.165) is 45.9 Å². The Morgan fingerprint density at radius 3 is 2.90 bits per heavy atom. The van der Waals surface area contributed by atoms with E-state index in [1.807, 2.05) is 42.5 Å². The lowest BCUT2D eigenvalue weighted by atomic mass is 10.1. The third kappa shape index (κ3) is 3.79. The Bertz CT molecular complexity index is 1390. The molecule has 1 amide bonds. The molecule has 0 aliphatic heterocycles. The van der Waals surface area contributed by atoms with Crippen molar-refractivity contribution in [2.45, 2.75) is 31.0 Å². The smallest absolute Gasteiger partial charge is 0.263 e. The molecule has 31 heavy (non-hydrogen) atoms. The van der Waals surface area contributed by atoms with Gasteiger partial charge in [0.25, 0.3) is 5.56 Å². The molecule has 156 valence electrons. The summed E-state index contributed by atoms with van der Waals surface area (Å²) < 4.78 is 1.63. The van der Waals surface area contributed by atoms with Gasteiger partial charge in [-0.3, -0.25) is 14.2 Å². The number of hydrogen-bond acceptors (Lipinski definition) is 5. The number of aromatic nitrogens is 2. The molecule has 0 atom stereocenters. The monoisotopic (exact) mass is 447 g/mol. The topological polar surface area (TPSA) is 64.0 Å². The van der Waals surface area contributed by atoms with Gasteiger partial charge >= 0.3 is 0 Å². The Balaban J connectivity index is 1.38. The number of anilines is 1. The number of nitrogens with zero attached hydrogens (tertiary/aromatic N) is 2. The fourth-order valence-electron chi connectivity index (χ4n) is 4.05. The van der Waals surface area contributed by atoms with Crippen LogP contribution in [-0.2, 0) is 24.2 Å². The van der Waals surface area contributed by atoms with Crippen LogP contribution in [0.5, 0.6) is 0 Å². The maximum Gasteiger partial charge on any atom is 0.263 e. The number of carbonyl (C=O) groups is 1. The van der Waals surface area contributed by atoms with Crippen LogP contribution in [0.15, 0.2) is 65.1 Å². The van der Waals surface area contributed by atoms with Crippen LogP contribution in [0.25, 0.3) is 21.0 Å². The number of nitrogens with one attached hydrogen (secondary N) is 1. The number of allylic oxidation sites excluding steroid dienone is 1. The van der Waals surface area contributed by atoms with Gasteiger partial charge in [-0.25, -0.2) is 4.98 Å². The van der Waals surface area contributed by atoms with Gasteiger partial charge in [-0.15, -0.1) is 17.9 Å². The molecule has 0 bridgehead atoms. The van der Waals surface area contributed by atoms with Crippen LogP contribution in [0.1, 0.15) is 16.9 Å². The van der Waals surface area contributed by atoms with Gasteiger partial charge in [-0.1, -0.05) is 48.2 Å². The molecular weight excluding hydrogens is 426 g/mol. The minimum atomic E-state index is -0.131. The van der Waals surface area contributed by atoms with Crippen molar-refractivity contribution in [2.24, 2.45) is 0 Å². The molecule has 2 aromatic heterocycles. The maximum absolute atomic E-state index is 13.2. The van der Waals surface area contributed by atoms with Gasteiger partial charge in [0.05, 0.1) is 11.1 Å². The van der Waals surface area contributed by atoms with E-state index in [0.29, 0.717) is 11.7 Å². The Morgan fingerprint density at radius 1 is 1.23 bits per heavy atom. The van der Waals surface area contributed by atoms with Crippen molar-refractivity contribution >= 4 is 55.7 Å². The number of thioether (sulfide) groups is 1. The zero-order valence-electron chi connectivity index (χ0n) is 16.9. The predicted molar refractivity (Wildman–Crippen MR) is 129 cm³/mol. The summed E-state index contributed by atoms with van der Waals surface area (Å²) in [6.45, 7) is 4.16. The summed E-state index contributed by atoms with van der Waals surface area (Å²) in [7, 11) is 0. The van der Waals surface area contributed by atoms with Crippen LogP contribution in [0.4, 0.5) is 5.69 Å². The van der Waals surface area contributed by atoms with Crippen LogP contribution in [0.3, 0.4) is 0 Å². The fourth-order valence-corrected chi connectivity index (χ4v) is 6.16. The highest BCUT2D eigenvalue weighted by Crippen LogP contribution is 2.35. The Morgan fingerprint density at radius 2 is 2.06 bits per heavy atom. The lowest BCUT2D eigenvalue weighted by Gasteiger charge is -2.11. The average Bonchev–Trinajstić information content (AvgIpc) is 3.35. The van der Waals surface area contributed by atoms with E-state index in [4.69, 9.17) is 4.98 Å². The standard InChI is InChI=1S/C24H21N3O2S2/c1-2-12-27-23(29)21-18-8-5-9-19(18)31-22(21)26-24(27)30-14-20(28)25-17-11-10-15-6-3-4-7-16(15)13-17/h2-4,6-7,10-11,13H,1,5,8-9,12,14H2,(H,25,28). The quantitative estimate of drug-likeness (QED) is 0.256. The molecule has 0 spiro atoms. The average molecular weight is 448 g/mol.